The van der Waals surface area contributed by atoms with Crippen LogP contribution < -0.4 is 4.31 Å². The Morgan fingerprint density at radius 3 is 2.86 bits per heavy atom. The molecule has 0 saturated carbocycles. The van der Waals surface area contributed by atoms with Crippen LogP contribution >= 0.6 is 15.9 Å². The number of hydrogen-bond acceptors (Lipinski definition) is 2. The Hall–Kier alpha value is -0.550. The maximum atomic E-state index is 11.7. The van der Waals surface area contributed by atoms with Gasteiger partial charge in [0.1, 0.15) is 0 Å². The quantitative estimate of drug-likeness (QED) is 0.788. The molecule has 1 aromatic carbocycles. The summed E-state index contributed by atoms with van der Waals surface area (Å²) in [6, 6.07) is 5.57. The van der Waals surface area contributed by atoms with Crippen molar-refractivity contribution in [2.45, 2.75) is 12.7 Å². The zero-order valence-electron chi connectivity index (χ0n) is 7.70. The van der Waals surface area contributed by atoms with Crippen molar-refractivity contribution in [3.63, 3.8) is 0 Å². The highest BCUT2D eigenvalue weighted by Crippen LogP contribution is 2.34. The first kappa shape index (κ1) is 9.98. The highest BCUT2D eigenvalue weighted by Gasteiger charge is 2.31. The molecule has 1 heterocycles. The topological polar surface area (TPSA) is 37.4 Å². The summed E-state index contributed by atoms with van der Waals surface area (Å²) in [5, 5.41) is 0. The van der Waals surface area contributed by atoms with Crippen molar-refractivity contribution in [2.75, 3.05) is 10.8 Å². The molecule has 0 aliphatic carbocycles. The first-order valence-corrected chi connectivity index (χ1v) is 6.73. The smallest absolute Gasteiger partial charge is 0.239 e. The van der Waals surface area contributed by atoms with Gasteiger partial charge in [-0.3, -0.25) is 4.31 Å². The third-order valence-electron chi connectivity index (χ3n) is 2.27. The Morgan fingerprint density at radius 2 is 2.21 bits per heavy atom. The Kier molecular flexibility index (Phi) is 2.31. The fourth-order valence-electron chi connectivity index (χ4n) is 1.70. The molecule has 0 aromatic heterocycles. The molecule has 0 bridgehead atoms. The highest BCUT2D eigenvalue weighted by molar-refractivity contribution is 9.10. The van der Waals surface area contributed by atoms with Crippen LogP contribution in [0.4, 0.5) is 5.69 Å². The summed E-state index contributed by atoms with van der Waals surface area (Å²) in [5.74, 6) is 0.121. The van der Waals surface area contributed by atoms with Crippen molar-refractivity contribution in [3.8, 4) is 0 Å². The number of benzene rings is 1. The van der Waals surface area contributed by atoms with Crippen LogP contribution in [-0.2, 0) is 15.8 Å². The minimum absolute atomic E-state index is 0.121. The molecule has 1 aromatic rings. The molecule has 0 radical (unpaired) electrons. The van der Waals surface area contributed by atoms with Crippen LogP contribution in [0.1, 0.15) is 12.5 Å². The van der Waals surface area contributed by atoms with Crippen LogP contribution in [0.15, 0.2) is 22.7 Å². The molecule has 0 unspecified atom stereocenters. The average molecular weight is 276 g/mol. The molecule has 1 aliphatic heterocycles. The Balaban J connectivity index is 2.59. The number of sulfonamides is 1. The SMILES string of the molecule is CCN1c2ccc(Br)cc2CS1(=O)=O. The first-order valence-electron chi connectivity index (χ1n) is 4.33. The van der Waals surface area contributed by atoms with E-state index in [9.17, 15) is 8.42 Å². The van der Waals surface area contributed by atoms with E-state index in [1.807, 2.05) is 25.1 Å². The van der Waals surface area contributed by atoms with Crippen molar-refractivity contribution >= 4 is 31.6 Å². The molecule has 5 heteroatoms. The summed E-state index contributed by atoms with van der Waals surface area (Å²) in [6.07, 6.45) is 0. The predicted molar refractivity (Wildman–Crippen MR) is 59.8 cm³/mol. The zero-order valence-corrected chi connectivity index (χ0v) is 10.1. The minimum Gasteiger partial charge on any atom is -0.270 e. The molecule has 2 rings (SSSR count). The van der Waals surface area contributed by atoms with Gasteiger partial charge in [-0.05, 0) is 30.7 Å². The minimum atomic E-state index is -3.10. The number of hydrogen-bond donors (Lipinski definition) is 0. The maximum absolute atomic E-state index is 11.7. The lowest BCUT2D eigenvalue weighted by Crippen LogP contribution is -2.25. The van der Waals surface area contributed by atoms with Gasteiger partial charge in [-0.2, -0.15) is 0 Å². The summed E-state index contributed by atoms with van der Waals surface area (Å²) in [5.41, 5.74) is 1.69. The molecule has 3 nitrogen and oxygen atoms in total. The van der Waals surface area contributed by atoms with Crippen LogP contribution in [0, 0.1) is 0 Å². The molecule has 0 fully saturated rings. The van der Waals surface area contributed by atoms with Crippen molar-refractivity contribution in [3.05, 3.63) is 28.2 Å². The summed E-state index contributed by atoms with van der Waals surface area (Å²) < 4.78 is 25.7. The second kappa shape index (κ2) is 3.24. The van der Waals surface area contributed by atoms with E-state index in [0.29, 0.717) is 6.54 Å². The first-order chi connectivity index (χ1) is 6.54. The highest BCUT2D eigenvalue weighted by atomic mass is 79.9. The Morgan fingerprint density at radius 1 is 1.50 bits per heavy atom. The number of rotatable bonds is 1. The number of nitrogens with zero attached hydrogens (tertiary/aromatic N) is 1. The largest absolute Gasteiger partial charge is 0.270 e. The normalized spacial score (nSPS) is 18.3. The average Bonchev–Trinajstić information content (AvgIpc) is 2.33. The van der Waals surface area contributed by atoms with Crippen LogP contribution in [-0.4, -0.2) is 15.0 Å². The van der Waals surface area contributed by atoms with Gasteiger partial charge in [0.05, 0.1) is 11.4 Å². The third kappa shape index (κ3) is 1.44. The van der Waals surface area contributed by atoms with E-state index in [-0.39, 0.29) is 5.75 Å². The fraction of sp³-hybridized carbons (Fsp3) is 0.333. The molecular weight excluding hydrogens is 266 g/mol. The second-order valence-electron chi connectivity index (χ2n) is 3.19. The predicted octanol–water partition coefficient (Wildman–Crippen LogP) is 2.12. The number of halogens is 1. The molecule has 14 heavy (non-hydrogen) atoms. The summed E-state index contributed by atoms with van der Waals surface area (Å²) in [6.45, 7) is 2.34. The monoisotopic (exact) mass is 275 g/mol. The van der Waals surface area contributed by atoms with E-state index in [0.717, 1.165) is 15.7 Å². The van der Waals surface area contributed by atoms with E-state index < -0.39 is 10.0 Å². The van der Waals surface area contributed by atoms with E-state index in [1.54, 1.807) is 0 Å². The van der Waals surface area contributed by atoms with Gasteiger partial charge in [-0.25, -0.2) is 8.42 Å². The number of anilines is 1. The van der Waals surface area contributed by atoms with Gasteiger partial charge in [0.25, 0.3) is 0 Å². The lowest BCUT2D eigenvalue weighted by Gasteiger charge is -2.15. The zero-order chi connectivity index (χ0) is 10.3. The van der Waals surface area contributed by atoms with Crippen LogP contribution in [0.25, 0.3) is 0 Å². The summed E-state index contributed by atoms with van der Waals surface area (Å²) >= 11 is 3.33. The molecular formula is C9H10BrNO2S. The van der Waals surface area contributed by atoms with Gasteiger partial charge < -0.3 is 0 Å². The van der Waals surface area contributed by atoms with Gasteiger partial charge in [-0.1, -0.05) is 15.9 Å². The maximum Gasteiger partial charge on any atom is 0.239 e. The van der Waals surface area contributed by atoms with E-state index in [4.69, 9.17) is 0 Å². The van der Waals surface area contributed by atoms with Gasteiger partial charge in [0, 0.05) is 11.0 Å². The summed E-state index contributed by atoms with van der Waals surface area (Å²) in [7, 11) is -3.10. The molecule has 0 N–H and O–H groups in total. The van der Waals surface area contributed by atoms with Gasteiger partial charge >= 0.3 is 0 Å². The molecule has 0 amide bonds. The van der Waals surface area contributed by atoms with Gasteiger partial charge in [-0.15, -0.1) is 0 Å². The van der Waals surface area contributed by atoms with Crippen molar-refractivity contribution in [1.82, 2.24) is 0 Å². The molecule has 0 saturated heterocycles. The molecule has 0 atom stereocenters. The Labute approximate surface area is 91.9 Å². The van der Waals surface area contributed by atoms with Crippen molar-refractivity contribution < 1.29 is 8.42 Å². The standard InChI is InChI=1S/C9H10BrNO2S/c1-2-11-9-4-3-8(10)5-7(9)6-14(11,12)13/h3-5H,2,6H2,1H3. The van der Waals surface area contributed by atoms with Gasteiger partial charge in [0.15, 0.2) is 0 Å². The second-order valence-corrected chi connectivity index (χ2v) is 6.00. The van der Waals surface area contributed by atoms with Crippen LogP contribution in [0.5, 0.6) is 0 Å². The molecule has 0 spiro atoms. The Bertz CT molecular complexity index is 470. The van der Waals surface area contributed by atoms with Crippen molar-refractivity contribution in [1.29, 1.82) is 0 Å². The fourth-order valence-corrected chi connectivity index (χ4v) is 3.76. The lowest BCUT2D eigenvalue weighted by atomic mass is 10.2. The lowest BCUT2D eigenvalue weighted by molar-refractivity contribution is 0.594. The van der Waals surface area contributed by atoms with E-state index >= 15 is 0 Å². The van der Waals surface area contributed by atoms with E-state index in [1.165, 1.54) is 4.31 Å². The number of fused-ring (bicyclic) bond motifs is 1. The van der Waals surface area contributed by atoms with Gasteiger partial charge in [0.2, 0.25) is 10.0 Å². The molecule has 1 aliphatic rings. The third-order valence-corrected chi connectivity index (χ3v) is 4.57. The van der Waals surface area contributed by atoms with Crippen LogP contribution in [0.3, 0.4) is 0 Å². The van der Waals surface area contributed by atoms with Crippen molar-refractivity contribution in [2.24, 2.45) is 0 Å². The summed E-state index contributed by atoms with van der Waals surface area (Å²) in [4.78, 5) is 0. The molecule has 76 valence electrons. The van der Waals surface area contributed by atoms with E-state index in [2.05, 4.69) is 15.9 Å². The van der Waals surface area contributed by atoms with Crippen LogP contribution in [0.2, 0.25) is 0 Å².